The molecule has 9 heteroatoms. The van der Waals surface area contributed by atoms with E-state index in [0.29, 0.717) is 30.9 Å². The Hall–Kier alpha value is -3.07. The first-order valence-corrected chi connectivity index (χ1v) is 11.2. The van der Waals surface area contributed by atoms with E-state index in [9.17, 15) is 18.0 Å². The molecule has 1 aliphatic heterocycles. The summed E-state index contributed by atoms with van der Waals surface area (Å²) in [6.07, 6.45) is 1.67. The number of hydrogen-bond acceptors (Lipinski definition) is 6. The highest BCUT2D eigenvalue weighted by molar-refractivity contribution is 7.92. The Bertz CT molecular complexity index is 1070. The number of carbonyl (C=O) groups is 2. The maximum atomic E-state index is 12.4. The molecule has 160 valence electrons. The Morgan fingerprint density at radius 1 is 1.17 bits per heavy atom. The van der Waals surface area contributed by atoms with Crippen molar-refractivity contribution in [1.82, 2.24) is 4.90 Å². The Kier molecular flexibility index (Phi) is 6.31. The number of amides is 1. The molecule has 30 heavy (non-hydrogen) atoms. The zero-order chi connectivity index (χ0) is 21.9. The summed E-state index contributed by atoms with van der Waals surface area (Å²) in [7, 11) is -0.166. The van der Waals surface area contributed by atoms with Gasteiger partial charge in [0.1, 0.15) is 5.75 Å². The van der Waals surface area contributed by atoms with Crippen molar-refractivity contribution in [3.05, 3.63) is 59.2 Å². The summed E-state index contributed by atoms with van der Waals surface area (Å²) < 4.78 is 35.4. The van der Waals surface area contributed by atoms with Crippen molar-refractivity contribution in [2.45, 2.75) is 13.0 Å². The molecule has 0 radical (unpaired) electrons. The van der Waals surface area contributed by atoms with Crippen molar-refractivity contribution in [3.63, 3.8) is 0 Å². The molecular formula is C21H24N2O6S. The molecule has 0 atom stereocenters. The average molecular weight is 432 g/mol. The molecule has 2 aromatic carbocycles. The highest BCUT2D eigenvalue weighted by Crippen LogP contribution is 2.30. The Labute approximate surface area is 176 Å². The zero-order valence-corrected chi connectivity index (χ0v) is 17.9. The third kappa shape index (κ3) is 4.73. The second-order valence-electron chi connectivity index (χ2n) is 7.07. The maximum Gasteiger partial charge on any atom is 0.338 e. The molecule has 0 N–H and O–H groups in total. The number of ether oxygens (including phenoxy) is 2. The third-order valence-corrected chi connectivity index (χ3v) is 6.10. The van der Waals surface area contributed by atoms with Gasteiger partial charge in [-0.05, 0) is 36.2 Å². The number of nitrogens with zero attached hydrogens (tertiary/aromatic N) is 2. The van der Waals surface area contributed by atoms with E-state index in [1.807, 2.05) is 24.3 Å². The second kappa shape index (κ2) is 8.74. The van der Waals surface area contributed by atoms with Gasteiger partial charge in [-0.1, -0.05) is 18.2 Å². The Morgan fingerprint density at radius 3 is 2.60 bits per heavy atom. The van der Waals surface area contributed by atoms with E-state index >= 15 is 0 Å². The van der Waals surface area contributed by atoms with Gasteiger partial charge in [-0.25, -0.2) is 13.2 Å². The van der Waals surface area contributed by atoms with Crippen LogP contribution in [-0.4, -0.2) is 58.8 Å². The normalized spacial score (nSPS) is 13.0. The van der Waals surface area contributed by atoms with Crippen molar-refractivity contribution in [2.75, 3.05) is 37.9 Å². The van der Waals surface area contributed by atoms with Crippen LogP contribution in [0.15, 0.2) is 42.5 Å². The highest BCUT2D eigenvalue weighted by atomic mass is 32.2. The molecule has 0 aliphatic carbocycles. The predicted octanol–water partition coefficient (Wildman–Crippen LogP) is 1.83. The van der Waals surface area contributed by atoms with Gasteiger partial charge in [-0.3, -0.25) is 9.10 Å². The number of rotatable bonds is 7. The van der Waals surface area contributed by atoms with Crippen LogP contribution in [0.2, 0.25) is 0 Å². The van der Waals surface area contributed by atoms with Crippen LogP contribution in [0.5, 0.6) is 5.75 Å². The monoisotopic (exact) mass is 432 g/mol. The zero-order valence-electron chi connectivity index (χ0n) is 17.1. The molecule has 0 unspecified atom stereocenters. The molecule has 0 aromatic heterocycles. The minimum Gasteiger partial charge on any atom is -0.496 e. The van der Waals surface area contributed by atoms with Crippen LogP contribution in [0.4, 0.5) is 5.69 Å². The number of anilines is 1. The van der Waals surface area contributed by atoms with Gasteiger partial charge in [0.15, 0.2) is 6.61 Å². The third-order valence-electron chi connectivity index (χ3n) is 4.92. The number of para-hydroxylation sites is 1. The number of sulfonamides is 1. The van der Waals surface area contributed by atoms with Crippen molar-refractivity contribution < 1.29 is 27.5 Å². The molecular weight excluding hydrogens is 408 g/mol. The van der Waals surface area contributed by atoms with Gasteiger partial charge in [0.25, 0.3) is 5.91 Å². The van der Waals surface area contributed by atoms with Gasteiger partial charge in [0.2, 0.25) is 10.0 Å². The smallest absolute Gasteiger partial charge is 0.338 e. The number of likely N-dealkylation sites (N-methyl/N-ethyl adjacent to an activating group) is 1. The van der Waals surface area contributed by atoms with Gasteiger partial charge in [-0.2, -0.15) is 0 Å². The fourth-order valence-electron chi connectivity index (χ4n) is 3.34. The van der Waals surface area contributed by atoms with E-state index in [2.05, 4.69) is 0 Å². The number of carbonyl (C=O) groups excluding carboxylic acids is 2. The van der Waals surface area contributed by atoms with Crippen molar-refractivity contribution >= 4 is 27.6 Å². The van der Waals surface area contributed by atoms with Crippen LogP contribution >= 0.6 is 0 Å². The molecule has 0 fully saturated rings. The van der Waals surface area contributed by atoms with E-state index < -0.39 is 22.6 Å². The molecule has 1 heterocycles. The van der Waals surface area contributed by atoms with Crippen LogP contribution in [0.3, 0.4) is 0 Å². The quantitative estimate of drug-likeness (QED) is 0.620. The first-order chi connectivity index (χ1) is 14.2. The van der Waals surface area contributed by atoms with E-state index in [0.717, 1.165) is 17.4 Å². The summed E-state index contributed by atoms with van der Waals surface area (Å²) in [6, 6.07) is 12.1. The molecule has 0 saturated heterocycles. The highest BCUT2D eigenvalue weighted by Gasteiger charge is 2.27. The van der Waals surface area contributed by atoms with Crippen LogP contribution in [-0.2, 0) is 32.5 Å². The van der Waals surface area contributed by atoms with E-state index in [1.165, 1.54) is 15.3 Å². The second-order valence-corrected chi connectivity index (χ2v) is 8.97. The van der Waals surface area contributed by atoms with Crippen molar-refractivity contribution in [2.24, 2.45) is 0 Å². The lowest BCUT2D eigenvalue weighted by molar-refractivity contribution is -0.133. The average Bonchev–Trinajstić information content (AvgIpc) is 3.15. The Morgan fingerprint density at radius 2 is 1.90 bits per heavy atom. The van der Waals surface area contributed by atoms with E-state index in [-0.39, 0.29) is 11.5 Å². The largest absolute Gasteiger partial charge is 0.496 e. The van der Waals surface area contributed by atoms with Crippen LogP contribution in [0, 0.1) is 0 Å². The summed E-state index contributed by atoms with van der Waals surface area (Å²) in [5, 5.41) is 0. The van der Waals surface area contributed by atoms with E-state index in [1.54, 1.807) is 26.3 Å². The van der Waals surface area contributed by atoms with Crippen molar-refractivity contribution in [1.29, 1.82) is 0 Å². The van der Waals surface area contributed by atoms with Crippen LogP contribution in [0.25, 0.3) is 0 Å². The molecule has 0 spiro atoms. The number of hydrogen-bond donors (Lipinski definition) is 0. The maximum absolute atomic E-state index is 12.4. The molecule has 1 aliphatic rings. The predicted molar refractivity (Wildman–Crippen MR) is 112 cm³/mol. The molecule has 0 bridgehead atoms. The topological polar surface area (TPSA) is 93.2 Å². The molecule has 2 aromatic rings. The molecule has 8 nitrogen and oxygen atoms in total. The minimum atomic E-state index is -3.35. The van der Waals surface area contributed by atoms with Crippen LogP contribution < -0.4 is 9.04 Å². The summed E-state index contributed by atoms with van der Waals surface area (Å²) in [4.78, 5) is 26.2. The Balaban J connectivity index is 1.60. The minimum absolute atomic E-state index is 0.282. The molecule has 3 rings (SSSR count). The van der Waals surface area contributed by atoms with Gasteiger partial charge in [0, 0.05) is 25.7 Å². The standard InChI is InChI=1S/C21H24N2O6S/c1-22(13-17-6-4-5-7-19(17)28-2)20(24)14-29-21(25)16-8-9-18-15(12-16)10-11-23(18)30(3,26)27/h4-9,12H,10-11,13-14H2,1-3H3. The first-order valence-electron chi connectivity index (χ1n) is 9.34. The fraction of sp³-hybridized carbons (Fsp3) is 0.333. The van der Waals surface area contributed by atoms with Gasteiger partial charge >= 0.3 is 5.97 Å². The SMILES string of the molecule is COc1ccccc1CN(C)C(=O)COC(=O)c1ccc2c(c1)CCN2S(C)(=O)=O. The first kappa shape index (κ1) is 21.6. The molecule has 0 saturated carbocycles. The number of fused-ring (bicyclic) bond motifs is 1. The summed E-state index contributed by atoms with van der Waals surface area (Å²) in [5.74, 6) is -0.302. The van der Waals surface area contributed by atoms with Crippen molar-refractivity contribution in [3.8, 4) is 5.75 Å². The number of benzene rings is 2. The lowest BCUT2D eigenvalue weighted by Gasteiger charge is -2.19. The van der Waals surface area contributed by atoms with Gasteiger partial charge in [-0.15, -0.1) is 0 Å². The lowest BCUT2D eigenvalue weighted by Crippen LogP contribution is -2.31. The van der Waals surface area contributed by atoms with Gasteiger partial charge in [0.05, 0.1) is 24.6 Å². The summed E-state index contributed by atoms with van der Waals surface area (Å²) >= 11 is 0. The summed E-state index contributed by atoms with van der Waals surface area (Å²) in [5.41, 5.74) is 2.46. The molecule has 1 amide bonds. The fourth-order valence-corrected chi connectivity index (χ4v) is 4.30. The number of esters is 1. The lowest BCUT2D eigenvalue weighted by atomic mass is 10.1. The number of methoxy groups -OCH3 is 1. The van der Waals surface area contributed by atoms with Crippen LogP contribution in [0.1, 0.15) is 21.5 Å². The van der Waals surface area contributed by atoms with Gasteiger partial charge < -0.3 is 14.4 Å². The van der Waals surface area contributed by atoms with E-state index in [4.69, 9.17) is 9.47 Å². The summed E-state index contributed by atoms with van der Waals surface area (Å²) in [6.45, 7) is 0.274.